The van der Waals surface area contributed by atoms with Crippen LogP contribution in [0.1, 0.15) is 32.2 Å². The Balaban J connectivity index is 2.11. The van der Waals surface area contributed by atoms with Gasteiger partial charge in [-0.05, 0) is 25.0 Å². The van der Waals surface area contributed by atoms with E-state index in [2.05, 4.69) is 4.74 Å². The molecule has 1 aliphatic carbocycles. The van der Waals surface area contributed by atoms with E-state index in [4.69, 9.17) is 0 Å². The summed E-state index contributed by atoms with van der Waals surface area (Å²) in [6, 6.07) is 3.69. The zero-order valence-corrected chi connectivity index (χ0v) is 10.0. The largest absolute Gasteiger partial charge is 0.465 e. The molecule has 1 aromatic rings. The molecular weight excluding hydrogens is 226 g/mol. The van der Waals surface area contributed by atoms with Crippen molar-refractivity contribution in [2.24, 2.45) is 0 Å². The Bertz CT molecular complexity index is 423. The highest BCUT2D eigenvalue weighted by atomic mass is 32.1. The van der Waals surface area contributed by atoms with Gasteiger partial charge in [-0.1, -0.05) is 0 Å². The molecule has 5 heteroatoms. The van der Waals surface area contributed by atoms with Gasteiger partial charge in [-0.2, -0.15) is 0 Å². The number of carbonyl (C=O) groups excluding carboxylic acids is 2. The van der Waals surface area contributed by atoms with E-state index in [-0.39, 0.29) is 5.91 Å². The Hall–Kier alpha value is -1.36. The van der Waals surface area contributed by atoms with Crippen molar-refractivity contribution < 1.29 is 14.3 Å². The fourth-order valence-corrected chi connectivity index (χ4v) is 2.37. The molecule has 0 atom stereocenters. The van der Waals surface area contributed by atoms with Crippen LogP contribution in [0.2, 0.25) is 0 Å². The Morgan fingerprint density at radius 3 is 2.56 bits per heavy atom. The van der Waals surface area contributed by atoms with Crippen LogP contribution in [0.5, 0.6) is 0 Å². The summed E-state index contributed by atoms with van der Waals surface area (Å²) in [5.74, 6) is -0.402. The molecule has 0 bridgehead atoms. The highest BCUT2D eigenvalue weighted by molar-refractivity contribution is 7.15. The van der Waals surface area contributed by atoms with Crippen molar-refractivity contribution in [3.05, 3.63) is 21.9 Å². The summed E-state index contributed by atoms with van der Waals surface area (Å²) in [5, 5.41) is 0. The van der Waals surface area contributed by atoms with Crippen LogP contribution in [-0.4, -0.2) is 37.0 Å². The molecule has 1 amide bonds. The lowest BCUT2D eigenvalue weighted by Crippen LogP contribution is -2.27. The van der Waals surface area contributed by atoms with Gasteiger partial charge in [0.15, 0.2) is 0 Å². The van der Waals surface area contributed by atoms with Crippen LogP contribution in [0.15, 0.2) is 12.1 Å². The molecule has 1 aromatic heterocycles. The van der Waals surface area contributed by atoms with Gasteiger partial charge in [-0.3, -0.25) is 4.79 Å². The van der Waals surface area contributed by atoms with Gasteiger partial charge in [0.05, 0.1) is 12.0 Å². The average molecular weight is 239 g/mol. The first kappa shape index (κ1) is 11.1. The van der Waals surface area contributed by atoms with Gasteiger partial charge >= 0.3 is 5.97 Å². The normalized spacial score (nSPS) is 14.6. The predicted octanol–water partition coefficient (Wildman–Crippen LogP) is 1.77. The van der Waals surface area contributed by atoms with Gasteiger partial charge in [0.1, 0.15) is 4.88 Å². The van der Waals surface area contributed by atoms with E-state index in [1.54, 1.807) is 24.1 Å². The van der Waals surface area contributed by atoms with Crippen molar-refractivity contribution in [3.63, 3.8) is 0 Å². The molecule has 4 nitrogen and oxygen atoms in total. The number of esters is 1. The minimum atomic E-state index is -0.391. The topological polar surface area (TPSA) is 46.6 Å². The predicted molar refractivity (Wildman–Crippen MR) is 60.8 cm³/mol. The number of thiophene rings is 1. The third-order valence-electron chi connectivity index (χ3n) is 2.62. The molecule has 1 fully saturated rings. The number of ether oxygens (including phenoxy) is 1. The third kappa shape index (κ3) is 2.09. The lowest BCUT2D eigenvalue weighted by molar-refractivity contribution is 0.0606. The number of hydrogen-bond donors (Lipinski definition) is 0. The summed E-state index contributed by atoms with van der Waals surface area (Å²) in [6.07, 6.45) is 2.16. The summed E-state index contributed by atoms with van der Waals surface area (Å²) in [6.45, 7) is 0. The number of carbonyl (C=O) groups is 2. The van der Waals surface area contributed by atoms with Crippen LogP contribution in [0.25, 0.3) is 0 Å². The van der Waals surface area contributed by atoms with Gasteiger partial charge in [-0.15, -0.1) is 11.3 Å². The Morgan fingerprint density at radius 1 is 1.38 bits per heavy atom. The van der Waals surface area contributed by atoms with Crippen LogP contribution in [0.4, 0.5) is 0 Å². The molecule has 2 rings (SSSR count). The molecule has 0 unspecified atom stereocenters. The van der Waals surface area contributed by atoms with Gasteiger partial charge in [-0.25, -0.2) is 4.79 Å². The number of hydrogen-bond acceptors (Lipinski definition) is 4. The molecule has 0 saturated heterocycles. The first-order valence-electron chi connectivity index (χ1n) is 5.09. The molecule has 1 saturated carbocycles. The van der Waals surface area contributed by atoms with Crippen molar-refractivity contribution in [2.75, 3.05) is 14.2 Å². The number of methoxy groups -OCH3 is 1. The second-order valence-electron chi connectivity index (χ2n) is 3.80. The molecule has 0 aliphatic heterocycles. The lowest BCUT2D eigenvalue weighted by Gasteiger charge is -2.14. The maximum atomic E-state index is 11.9. The van der Waals surface area contributed by atoms with Gasteiger partial charge in [0, 0.05) is 13.1 Å². The number of rotatable bonds is 3. The van der Waals surface area contributed by atoms with Crippen molar-refractivity contribution in [1.29, 1.82) is 0 Å². The van der Waals surface area contributed by atoms with Crippen LogP contribution >= 0.6 is 11.3 Å². The van der Waals surface area contributed by atoms with Crippen molar-refractivity contribution in [3.8, 4) is 0 Å². The van der Waals surface area contributed by atoms with Crippen LogP contribution in [-0.2, 0) is 4.74 Å². The lowest BCUT2D eigenvalue weighted by atomic mass is 10.4. The van der Waals surface area contributed by atoms with Gasteiger partial charge < -0.3 is 9.64 Å². The zero-order valence-electron chi connectivity index (χ0n) is 9.23. The molecular formula is C11H13NO3S. The van der Waals surface area contributed by atoms with Crippen molar-refractivity contribution in [2.45, 2.75) is 18.9 Å². The second-order valence-corrected chi connectivity index (χ2v) is 4.89. The Morgan fingerprint density at radius 2 is 2.00 bits per heavy atom. The maximum absolute atomic E-state index is 11.9. The van der Waals surface area contributed by atoms with Crippen LogP contribution in [0.3, 0.4) is 0 Å². The Kier molecular flexibility index (Phi) is 2.96. The molecule has 0 aromatic carbocycles. The quantitative estimate of drug-likeness (QED) is 0.755. The van der Waals surface area contributed by atoms with E-state index >= 15 is 0 Å². The molecule has 0 radical (unpaired) electrons. The van der Waals surface area contributed by atoms with Crippen molar-refractivity contribution >= 4 is 23.2 Å². The van der Waals surface area contributed by atoms with Crippen LogP contribution in [0, 0.1) is 0 Å². The summed E-state index contributed by atoms with van der Waals surface area (Å²) in [5.41, 5.74) is 0. The monoisotopic (exact) mass is 239 g/mol. The standard InChI is InChI=1S/C11H13NO3S/c1-12(7-3-4-7)10(13)8-5-6-9(16-8)11(14)15-2/h5-7H,3-4H2,1-2H3. The first-order valence-corrected chi connectivity index (χ1v) is 5.90. The molecule has 1 aliphatic rings. The second kappa shape index (κ2) is 4.25. The summed E-state index contributed by atoms with van der Waals surface area (Å²) < 4.78 is 4.60. The summed E-state index contributed by atoms with van der Waals surface area (Å²) in [7, 11) is 3.14. The SMILES string of the molecule is COC(=O)c1ccc(C(=O)N(C)C2CC2)s1. The summed E-state index contributed by atoms with van der Waals surface area (Å²) in [4.78, 5) is 26.0. The fraction of sp³-hybridized carbons (Fsp3) is 0.455. The smallest absolute Gasteiger partial charge is 0.348 e. The van der Waals surface area contributed by atoms with E-state index in [0.29, 0.717) is 15.8 Å². The highest BCUT2D eigenvalue weighted by Crippen LogP contribution is 2.28. The number of amides is 1. The molecule has 86 valence electrons. The molecule has 0 spiro atoms. The number of nitrogens with zero attached hydrogens (tertiary/aromatic N) is 1. The van der Waals surface area contributed by atoms with Gasteiger partial charge in [0.25, 0.3) is 5.91 Å². The van der Waals surface area contributed by atoms with Crippen LogP contribution < -0.4 is 0 Å². The summed E-state index contributed by atoms with van der Waals surface area (Å²) >= 11 is 1.18. The minimum absolute atomic E-state index is 0.0114. The highest BCUT2D eigenvalue weighted by Gasteiger charge is 2.30. The van der Waals surface area contributed by atoms with E-state index < -0.39 is 5.97 Å². The molecule has 1 heterocycles. The van der Waals surface area contributed by atoms with Gasteiger partial charge in [0.2, 0.25) is 0 Å². The van der Waals surface area contributed by atoms with E-state index in [0.717, 1.165) is 12.8 Å². The zero-order chi connectivity index (χ0) is 11.7. The first-order chi connectivity index (χ1) is 7.63. The van der Waals surface area contributed by atoms with E-state index in [1.807, 2.05) is 0 Å². The minimum Gasteiger partial charge on any atom is -0.465 e. The molecule has 0 N–H and O–H groups in total. The third-order valence-corrected chi connectivity index (χ3v) is 3.67. The van der Waals surface area contributed by atoms with E-state index in [1.165, 1.54) is 18.4 Å². The fourth-order valence-electron chi connectivity index (χ4n) is 1.46. The van der Waals surface area contributed by atoms with Crippen molar-refractivity contribution in [1.82, 2.24) is 4.90 Å². The maximum Gasteiger partial charge on any atom is 0.348 e. The molecule has 16 heavy (non-hydrogen) atoms. The average Bonchev–Trinajstić information content (AvgIpc) is 3.03. The van der Waals surface area contributed by atoms with E-state index in [9.17, 15) is 9.59 Å². The Labute approximate surface area is 97.8 Å².